The van der Waals surface area contributed by atoms with Gasteiger partial charge in [-0.2, -0.15) is 5.10 Å². The summed E-state index contributed by atoms with van der Waals surface area (Å²) in [5.74, 6) is 0. The topological polar surface area (TPSA) is 80.5 Å². The number of nitrogens with zero attached hydrogens (tertiary/aromatic N) is 3. The van der Waals surface area contributed by atoms with Crippen molar-refractivity contribution < 1.29 is 0 Å². The third kappa shape index (κ3) is 2.54. The van der Waals surface area contributed by atoms with E-state index in [1.165, 1.54) is 18.1 Å². The van der Waals surface area contributed by atoms with Crippen LogP contribution in [0.25, 0.3) is 0 Å². The highest BCUT2D eigenvalue weighted by atomic mass is 32.2. The number of aromatic nitrogens is 4. The lowest BCUT2D eigenvalue weighted by Crippen LogP contribution is -2.06. The van der Waals surface area contributed by atoms with Gasteiger partial charge in [-0.25, -0.2) is 4.98 Å². The molecular weight excluding hydrogens is 210 g/mol. The summed E-state index contributed by atoms with van der Waals surface area (Å²) in [4.78, 5) is 9.27. The molecule has 78 valence electrons. The average Bonchev–Trinajstić information content (AvgIpc) is 2.71. The standard InChI is InChI=1S/C9H11N5S/c1-6(10)8-3-2-7(4-11-8)15-9-12-5-13-14-9/h2-6H,10H2,1H3,(H,12,13,14)/t6-/m0/s1. The summed E-state index contributed by atoms with van der Waals surface area (Å²) >= 11 is 1.48. The average molecular weight is 221 g/mol. The van der Waals surface area contributed by atoms with Gasteiger partial charge in [0.25, 0.3) is 0 Å². The van der Waals surface area contributed by atoms with Crippen LogP contribution in [0.2, 0.25) is 0 Å². The van der Waals surface area contributed by atoms with Crippen LogP contribution in [-0.4, -0.2) is 20.2 Å². The molecule has 0 radical (unpaired) electrons. The molecule has 15 heavy (non-hydrogen) atoms. The smallest absolute Gasteiger partial charge is 0.188 e. The van der Waals surface area contributed by atoms with Crippen molar-refractivity contribution in [1.29, 1.82) is 0 Å². The number of pyridine rings is 1. The van der Waals surface area contributed by atoms with Crippen LogP contribution in [0.3, 0.4) is 0 Å². The molecule has 0 aliphatic heterocycles. The molecule has 0 bridgehead atoms. The molecular formula is C9H11N5S. The molecule has 2 aromatic heterocycles. The van der Waals surface area contributed by atoms with Crippen molar-refractivity contribution in [1.82, 2.24) is 20.2 Å². The number of hydrogen-bond acceptors (Lipinski definition) is 5. The molecule has 0 aromatic carbocycles. The van der Waals surface area contributed by atoms with Crippen molar-refractivity contribution in [2.45, 2.75) is 23.0 Å². The second-order valence-electron chi connectivity index (χ2n) is 3.10. The predicted molar refractivity (Wildman–Crippen MR) is 57.3 cm³/mol. The Hall–Kier alpha value is -1.40. The van der Waals surface area contributed by atoms with Crippen molar-refractivity contribution in [2.75, 3.05) is 0 Å². The van der Waals surface area contributed by atoms with Gasteiger partial charge in [-0.3, -0.25) is 10.1 Å². The number of hydrogen-bond donors (Lipinski definition) is 2. The van der Waals surface area contributed by atoms with Crippen molar-refractivity contribution in [3.8, 4) is 0 Å². The SMILES string of the molecule is C[C@H](N)c1ccc(Sc2ncn[nH]2)cn1. The summed E-state index contributed by atoms with van der Waals surface area (Å²) in [5.41, 5.74) is 6.59. The molecule has 3 N–H and O–H groups in total. The summed E-state index contributed by atoms with van der Waals surface area (Å²) in [7, 11) is 0. The van der Waals surface area contributed by atoms with Gasteiger partial charge in [0, 0.05) is 17.1 Å². The van der Waals surface area contributed by atoms with Crippen LogP contribution < -0.4 is 5.73 Å². The van der Waals surface area contributed by atoms with E-state index in [0.29, 0.717) is 0 Å². The Labute approximate surface area is 91.5 Å². The first-order valence-corrected chi connectivity index (χ1v) is 5.32. The van der Waals surface area contributed by atoms with Gasteiger partial charge in [0.05, 0.1) is 5.69 Å². The van der Waals surface area contributed by atoms with E-state index in [9.17, 15) is 0 Å². The molecule has 2 heterocycles. The number of H-pyrrole nitrogens is 1. The van der Waals surface area contributed by atoms with Crippen molar-refractivity contribution in [2.24, 2.45) is 5.73 Å². The minimum atomic E-state index is -0.0330. The number of nitrogens with one attached hydrogen (secondary N) is 1. The molecule has 0 saturated heterocycles. The molecule has 2 aromatic rings. The van der Waals surface area contributed by atoms with Crippen molar-refractivity contribution in [3.05, 3.63) is 30.4 Å². The number of nitrogens with two attached hydrogens (primary N) is 1. The van der Waals surface area contributed by atoms with Crippen LogP contribution >= 0.6 is 11.8 Å². The highest BCUT2D eigenvalue weighted by Gasteiger charge is 2.03. The Balaban J connectivity index is 2.11. The molecule has 0 saturated carbocycles. The lowest BCUT2D eigenvalue weighted by molar-refractivity contribution is 0.777. The molecule has 0 amide bonds. The van der Waals surface area contributed by atoms with E-state index in [4.69, 9.17) is 5.73 Å². The maximum Gasteiger partial charge on any atom is 0.188 e. The Morgan fingerprint density at radius 2 is 2.27 bits per heavy atom. The molecule has 0 aliphatic carbocycles. The quantitative estimate of drug-likeness (QED) is 0.818. The summed E-state index contributed by atoms with van der Waals surface area (Å²) in [6.45, 7) is 1.91. The van der Waals surface area contributed by atoms with Crippen LogP contribution in [0.5, 0.6) is 0 Å². The highest BCUT2D eigenvalue weighted by Crippen LogP contribution is 2.23. The Morgan fingerprint density at radius 3 is 2.80 bits per heavy atom. The lowest BCUT2D eigenvalue weighted by atomic mass is 10.2. The van der Waals surface area contributed by atoms with E-state index < -0.39 is 0 Å². The monoisotopic (exact) mass is 221 g/mol. The maximum atomic E-state index is 5.70. The summed E-state index contributed by atoms with van der Waals surface area (Å²) in [6.07, 6.45) is 3.26. The van der Waals surface area contributed by atoms with Gasteiger partial charge in [-0.1, -0.05) is 0 Å². The van der Waals surface area contributed by atoms with Gasteiger partial charge in [-0.15, -0.1) is 0 Å². The lowest BCUT2D eigenvalue weighted by Gasteiger charge is -2.04. The van der Waals surface area contributed by atoms with E-state index >= 15 is 0 Å². The molecule has 0 unspecified atom stereocenters. The van der Waals surface area contributed by atoms with Crippen LogP contribution in [-0.2, 0) is 0 Å². The summed E-state index contributed by atoms with van der Waals surface area (Å²) in [5, 5.41) is 7.29. The largest absolute Gasteiger partial charge is 0.323 e. The predicted octanol–water partition coefficient (Wildman–Crippen LogP) is 1.37. The van der Waals surface area contributed by atoms with E-state index in [0.717, 1.165) is 15.7 Å². The fourth-order valence-electron chi connectivity index (χ4n) is 1.08. The summed E-state index contributed by atoms with van der Waals surface area (Å²) in [6, 6.07) is 3.86. The maximum absolute atomic E-state index is 5.70. The minimum Gasteiger partial charge on any atom is -0.323 e. The van der Waals surface area contributed by atoms with Gasteiger partial charge in [0.1, 0.15) is 6.33 Å². The van der Waals surface area contributed by atoms with Gasteiger partial charge in [-0.05, 0) is 30.8 Å². The second kappa shape index (κ2) is 4.41. The highest BCUT2D eigenvalue weighted by molar-refractivity contribution is 7.99. The van der Waals surface area contributed by atoms with Crippen LogP contribution in [0, 0.1) is 0 Å². The second-order valence-corrected chi connectivity index (χ2v) is 4.16. The van der Waals surface area contributed by atoms with Gasteiger partial charge in [0.15, 0.2) is 5.16 Å². The van der Waals surface area contributed by atoms with Crippen molar-refractivity contribution in [3.63, 3.8) is 0 Å². The van der Waals surface area contributed by atoms with Crippen LogP contribution in [0.15, 0.2) is 34.7 Å². The van der Waals surface area contributed by atoms with E-state index in [2.05, 4.69) is 20.2 Å². The van der Waals surface area contributed by atoms with E-state index in [1.54, 1.807) is 6.20 Å². The first-order valence-electron chi connectivity index (χ1n) is 4.50. The number of rotatable bonds is 3. The summed E-state index contributed by atoms with van der Waals surface area (Å²) < 4.78 is 0. The Kier molecular flexibility index (Phi) is 2.98. The molecule has 0 aliphatic rings. The first-order chi connectivity index (χ1) is 7.25. The van der Waals surface area contributed by atoms with Crippen molar-refractivity contribution >= 4 is 11.8 Å². The molecule has 1 atom stereocenters. The fourth-order valence-corrected chi connectivity index (χ4v) is 1.74. The van der Waals surface area contributed by atoms with Gasteiger partial charge in [0.2, 0.25) is 0 Å². The Bertz CT molecular complexity index is 409. The third-order valence-electron chi connectivity index (χ3n) is 1.83. The zero-order valence-corrected chi connectivity index (χ0v) is 9.03. The zero-order valence-electron chi connectivity index (χ0n) is 8.21. The third-order valence-corrected chi connectivity index (χ3v) is 2.70. The van der Waals surface area contributed by atoms with Crippen LogP contribution in [0.1, 0.15) is 18.7 Å². The van der Waals surface area contributed by atoms with Gasteiger partial charge < -0.3 is 5.73 Å². The van der Waals surface area contributed by atoms with E-state index in [1.807, 2.05) is 19.1 Å². The van der Waals surface area contributed by atoms with E-state index in [-0.39, 0.29) is 6.04 Å². The molecule has 2 rings (SSSR count). The number of aromatic amines is 1. The first kappa shape index (κ1) is 10.1. The molecule has 5 nitrogen and oxygen atoms in total. The fraction of sp³-hybridized carbons (Fsp3) is 0.222. The minimum absolute atomic E-state index is 0.0330. The van der Waals surface area contributed by atoms with Crippen LogP contribution in [0.4, 0.5) is 0 Å². The molecule has 0 fully saturated rings. The molecule has 0 spiro atoms. The Morgan fingerprint density at radius 1 is 1.40 bits per heavy atom. The normalized spacial score (nSPS) is 12.7. The van der Waals surface area contributed by atoms with Gasteiger partial charge >= 0.3 is 0 Å². The zero-order chi connectivity index (χ0) is 10.7. The molecule has 6 heteroatoms.